The summed E-state index contributed by atoms with van der Waals surface area (Å²) in [6.07, 6.45) is 1.52. The Morgan fingerprint density at radius 3 is 2.60 bits per heavy atom. The van der Waals surface area contributed by atoms with Crippen molar-refractivity contribution in [3.8, 4) is 17.6 Å². The second kappa shape index (κ2) is 8.19. The van der Waals surface area contributed by atoms with Crippen LogP contribution >= 0.6 is 11.3 Å². The highest BCUT2D eigenvalue weighted by molar-refractivity contribution is 7.18. The second-order valence-electron chi connectivity index (χ2n) is 6.57. The topological polar surface area (TPSA) is 99.9 Å². The van der Waals surface area contributed by atoms with Gasteiger partial charge in [-0.2, -0.15) is 5.26 Å². The lowest BCUT2D eigenvalue weighted by molar-refractivity contribution is 0.262. The number of nitrogens with zero attached hydrogens (tertiary/aromatic N) is 3. The molecule has 0 aliphatic carbocycles. The van der Waals surface area contributed by atoms with Gasteiger partial charge in [0.1, 0.15) is 23.3 Å². The number of aryl methyl sites for hydroxylation is 2. The lowest BCUT2D eigenvalue weighted by atomic mass is 10.2. The van der Waals surface area contributed by atoms with Crippen molar-refractivity contribution in [1.29, 1.82) is 5.26 Å². The highest BCUT2D eigenvalue weighted by Crippen LogP contribution is 2.28. The van der Waals surface area contributed by atoms with E-state index in [-0.39, 0.29) is 11.7 Å². The van der Waals surface area contributed by atoms with Crippen LogP contribution in [0.25, 0.3) is 10.2 Å². The molecule has 0 aliphatic heterocycles. The van der Waals surface area contributed by atoms with Gasteiger partial charge in [0, 0.05) is 23.6 Å². The Labute approximate surface area is 177 Å². The Kier molecular flexibility index (Phi) is 5.28. The lowest BCUT2D eigenvalue weighted by Gasteiger charge is -2.12. The van der Waals surface area contributed by atoms with Crippen LogP contribution in [0, 0.1) is 25.2 Å². The van der Waals surface area contributed by atoms with Crippen molar-refractivity contribution in [2.45, 2.75) is 13.8 Å². The highest BCUT2D eigenvalue weighted by Gasteiger charge is 2.08. The number of thiazole rings is 1. The zero-order valence-electron chi connectivity index (χ0n) is 16.3. The average Bonchev–Trinajstić information content (AvgIpc) is 3.09. The van der Waals surface area contributed by atoms with Gasteiger partial charge in [0.15, 0.2) is 0 Å². The molecule has 4 rings (SSSR count). The van der Waals surface area contributed by atoms with Crippen molar-refractivity contribution in [1.82, 2.24) is 9.97 Å². The summed E-state index contributed by atoms with van der Waals surface area (Å²) in [6.45, 7) is 3.83. The third-order valence-electron chi connectivity index (χ3n) is 4.26. The molecule has 4 aromatic rings. The summed E-state index contributed by atoms with van der Waals surface area (Å²) < 4.78 is 6.91. The number of carbonyl (C=O) groups is 1. The molecule has 2 heterocycles. The number of pyridine rings is 1. The highest BCUT2D eigenvalue weighted by atomic mass is 32.1. The Morgan fingerprint density at radius 1 is 1.07 bits per heavy atom. The van der Waals surface area contributed by atoms with E-state index in [0.29, 0.717) is 22.9 Å². The number of benzene rings is 2. The molecule has 8 heteroatoms. The molecule has 148 valence electrons. The predicted molar refractivity (Wildman–Crippen MR) is 117 cm³/mol. The van der Waals surface area contributed by atoms with Crippen LogP contribution in [0.1, 0.15) is 16.3 Å². The maximum Gasteiger partial charge on any atom is 0.323 e. The molecule has 0 fully saturated rings. The van der Waals surface area contributed by atoms with Crippen LogP contribution in [0.2, 0.25) is 0 Å². The minimum absolute atomic E-state index is 0.283. The molecule has 0 saturated heterocycles. The Bertz CT molecular complexity index is 1290. The number of carbonyl (C=O) groups excluding carboxylic acids is 1. The van der Waals surface area contributed by atoms with E-state index in [1.165, 1.54) is 6.20 Å². The minimum Gasteiger partial charge on any atom is -0.457 e. The van der Waals surface area contributed by atoms with E-state index in [4.69, 9.17) is 10.00 Å². The first kappa shape index (κ1) is 19.4. The van der Waals surface area contributed by atoms with Gasteiger partial charge in [0.25, 0.3) is 0 Å². The fourth-order valence-corrected chi connectivity index (χ4v) is 3.73. The number of fused-ring (bicyclic) bond motifs is 1. The number of nitriles is 1. The van der Waals surface area contributed by atoms with Gasteiger partial charge in [0.05, 0.1) is 15.2 Å². The van der Waals surface area contributed by atoms with E-state index >= 15 is 0 Å². The maximum absolute atomic E-state index is 12.4. The van der Waals surface area contributed by atoms with E-state index < -0.39 is 0 Å². The molecular formula is C22H17N5O2S. The van der Waals surface area contributed by atoms with Crippen molar-refractivity contribution in [2.75, 3.05) is 10.6 Å². The maximum atomic E-state index is 12.4. The molecule has 0 bridgehead atoms. The molecule has 0 radical (unpaired) electrons. The van der Waals surface area contributed by atoms with Crippen molar-refractivity contribution in [2.24, 2.45) is 0 Å². The number of urea groups is 1. The number of nitrogens with one attached hydrogen (secondary N) is 2. The number of anilines is 2. The zero-order valence-corrected chi connectivity index (χ0v) is 17.1. The van der Waals surface area contributed by atoms with Crippen LogP contribution in [0.3, 0.4) is 0 Å². The number of aromatic nitrogens is 2. The number of hydrogen-bond acceptors (Lipinski definition) is 6. The Hall–Kier alpha value is -3.96. The summed E-state index contributed by atoms with van der Waals surface area (Å²) >= 11 is 1.62. The molecule has 2 amide bonds. The van der Waals surface area contributed by atoms with Crippen LogP contribution in [0.5, 0.6) is 11.5 Å². The standard InChI is InChI=1S/C22H17N5O2S/c1-13-9-15(3-5-20(13)29-18-7-8-24-17(10-18)12-23)26-22(28)27-16-4-6-21-19(11-16)25-14(2)30-21/h3-11H,1-2H3,(H2,26,27,28). The van der Waals surface area contributed by atoms with Crippen LogP contribution in [-0.2, 0) is 0 Å². The largest absolute Gasteiger partial charge is 0.457 e. The average molecular weight is 415 g/mol. The van der Waals surface area contributed by atoms with Gasteiger partial charge in [-0.25, -0.2) is 14.8 Å². The van der Waals surface area contributed by atoms with Gasteiger partial charge in [-0.1, -0.05) is 0 Å². The molecule has 0 spiro atoms. The number of rotatable bonds is 4. The molecular weight excluding hydrogens is 398 g/mol. The van der Waals surface area contributed by atoms with Crippen molar-refractivity contribution in [3.63, 3.8) is 0 Å². The Morgan fingerprint density at radius 2 is 1.83 bits per heavy atom. The van der Waals surface area contributed by atoms with Gasteiger partial charge >= 0.3 is 6.03 Å². The first-order chi connectivity index (χ1) is 14.5. The van der Waals surface area contributed by atoms with Gasteiger partial charge in [-0.15, -0.1) is 11.3 Å². The van der Waals surface area contributed by atoms with Crippen molar-refractivity contribution in [3.05, 3.63) is 71.0 Å². The van der Waals surface area contributed by atoms with Crippen molar-refractivity contribution >= 4 is 39.0 Å². The van der Waals surface area contributed by atoms with Gasteiger partial charge in [-0.05, 0) is 61.9 Å². The number of hydrogen-bond donors (Lipinski definition) is 2. The van der Waals surface area contributed by atoms with Crippen LogP contribution in [0.4, 0.5) is 16.2 Å². The quantitative estimate of drug-likeness (QED) is 0.451. The van der Waals surface area contributed by atoms with E-state index in [1.54, 1.807) is 35.6 Å². The van der Waals surface area contributed by atoms with E-state index in [2.05, 4.69) is 20.6 Å². The molecule has 0 unspecified atom stereocenters. The van der Waals surface area contributed by atoms with E-state index in [0.717, 1.165) is 20.8 Å². The summed E-state index contributed by atoms with van der Waals surface area (Å²) in [5.41, 5.74) is 3.29. The lowest BCUT2D eigenvalue weighted by Crippen LogP contribution is -2.19. The number of ether oxygens (including phenoxy) is 1. The molecule has 2 aromatic heterocycles. The second-order valence-corrected chi connectivity index (χ2v) is 7.80. The fraction of sp³-hybridized carbons (Fsp3) is 0.0909. The summed E-state index contributed by atoms with van der Waals surface area (Å²) in [4.78, 5) is 20.7. The third kappa shape index (κ3) is 4.37. The van der Waals surface area contributed by atoms with Crippen LogP contribution in [-0.4, -0.2) is 16.0 Å². The van der Waals surface area contributed by atoms with E-state index in [9.17, 15) is 4.79 Å². The van der Waals surface area contributed by atoms with Gasteiger partial charge in [-0.3, -0.25) is 0 Å². The molecule has 0 saturated carbocycles. The summed E-state index contributed by atoms with van der Waals surface area (Å²) in [5.74, 6) is 1.15. The third-order valence-corrected chi connectivity index (χ3v) is 5.21. The minimum atomic E-state index is -0.345. The smallest absolute Gasteiger partial charge is 0.323 e. The number of amides is 2. The normalized spacial score (nSPS) is 10.4. The Balaban J connectivity index is 1.43. The molecule has 0 atom stereocenters. The SMILES string of the molecule is Cc1nc2cc(NC(=O)Nc3ccc(Oc4ccnc(C#N)c4)c(C)c3)ccc2s1. The summed E-state index contributed by atoms with van der Waals surface area (Å²) in [6, 6.07) is 15.9. The predicted octanol–water partition coefficient (Wildman–Crippen LogP) is 5.62. The first-order valence-electron chi connectivity index (χ1n) is 9.10. The molecule has 30 heavy (non-hydrogen) atoms. The van der Waals surface area contributed by atoms with Gasteiger partial charge < -0.3 is 15.4 Å². The fourth-order valence-electron chi connectivity index (χ4n) is 2.92. The molecule has 2 aromatic carbocycles. The van der Waals surface area contributed by atoms with Crippen molar-refractivity contribution < 1.29 is 9.53 Å². The molecule has 2 N–H and O–H groups in total. The molecule has 0 aliphatic rings. The zero-order chi connectivity index (χ0) is 21.1. The first-order valence-corrected chi connectivity index (χ1v) is 9.92. The summed E-state index contributed by atoms with van der Waals surface area (Å²) in [5, 5.41) is 15.6. The summed E-state index contributed by atoms with van der Waals surface area (Å²) in [7, 11) is 0. The van der Waals surface area contributed by atoms with E-state index in [1.807, 2.05) is 44.2 Å². The monoisotopic (exact) mass is 415 g/mol. The van der Waals surface area contributed by atoms with Gasteiger partial charge in [0.2, 0.25) is 0 Å². The van der Waals surface area contributed by atoms with Crippen LogP contribution < -0.4 is 15.4 Å². The van der Waals surface area contributed by atoms with Crippen LogP contribution in [0.15, 0.2) is 54.7 Å². The molecule has 7 nitrogen and oxygen atoms in total.